The molecule has 12 heavy (non-hydrogen) atoms. The van der Waals surface area contributed by atoms with Crippen LogP contribution in [0.4, 0.5) is 13.2 Å². The monoisotopic (exact) mass is 206 g/mol. The summed E-state index contributed by atoms with van der Waals surface area (Å²) in [6.07, 6.45) is -0.505. The third kappa shape index (κ3) is 1.71. The Balaban J connectivity index is 5.16. The van der Waals surface area contributed by atoms with Gasteiger partial charge in [-0.15, -0.1) is 0 Å². The zero-order chi connectivity index (χ0) is 10.2. The molecule has 0 rings (SSSR count). The van der Waals surface area contributed by atoms with E-state index in [0.717, 1.165) is 6.92 Å². The summed E-state index contributed by atoms with van der Waals surface area (Å²) in [4.78, 5) is -2.73. The van der Waals surface area contributed by atoms with Crippen LogP contribution < -0.4 is 0 Å². The first-order chi connectivity index (χ1) is 5.06. The minimum atomic E-state index is -5.47. The fraction of sp³-hybridized carbons (Fsp3) is 1.00. The molecule has 7 heteroatoms. The summed E-state index contributed by atoms with van der Waals surface area (Å²) in [6.45, 7) is 1.78. The summed E-state index contributed by atoms with van der Waals surface area (Å²) in [5, 5.41) is 8.88. The van der Waals surface area contributed by atoms with Gasteiger partial charge in [0.15, 0.2) is 4.93 Å². The Morgan fingerprint density at radius 3 is 1.75 bits per heavy atom. The zero-order valence-corrected chi connectivity index (χ0v) is 7.33. The zero-order valence-electron chi connectivity index (χ0n) is 6.51. The Labute approximate surface area is 68.1 Å². The third-order valence-electron chi connectivity index (χ3n) is 1.54. The summed E-state index contributed by atoms with van der Waals surface area (Å²) in [5.74, 6) is 0. The van der Waals surface area contributed by atoms with Crippen molar-refractivity contribution in [2.45, 2.75) is 30.7 Å². The molecule has 0 fully saturated rings. The molecule has 0 radical (unpaired) electrons. The third-order valence-corrected chi connectivity index (χ3v) is 3.60. The lowest BCUT2D eigenvalue weighted by molar-refractivity contribution is -0.0521. The predicted molar refractivity (Wildman–Crippen MR) is 35.9 cm³/mol. The highest BCUT2D eigenvalue weighted by atomic mass is 32.2. The van der Waals surface area contributed by atoms with Gasteiger partial charge < -0.3 is 5.11 Å². The summed E-state index contributed by atoms with van der Waals surface area (Å²) in [7, 11) is -5.47. The fourth-order valence-corrected chi connectivity index (χ4v) is 1.32. The Kier molecular flexibility index (Phi) is 2.81. The number of aliphatic hydroxyl groups is 1. The molecule has 0 spiro atoms. The number of sulfone groups is 1. The summed E-state index contributed by atoms with van der Waals surface area (Å²) in [6, 6.07) is 0. The molecule has 0 aliphatic carbocycles. The predicted octanol–water partition coefficient (Wildman–Crippen LogP) is 1.04. The van der Waals surface area contributed by atoms with E-state index in [4.69, 9.17) is 5.11 Å². The first-order valence-corrected chi connectivity index (χ1v) is 4.58. The van der Waals surface area contributed by atoms with E-state index in [1.165, 1.54) is 0 Å². The molecule has 1 N–H and O–H groups in total. The summed E-state index contributed by atoms with van der Waals surface area (Å²) >= 11 is 0. The molecule has 0 aromatic heterocycles. The molecule has 0 aliphatic heterocycles. The molecule has 0 aliphatic rings. The van der Waals surface area contributed by atoms with Gasteiger partial charge >= 0.3 is 5.51 Å². The van der Waals surface area contributed by atoms with Gasteiger partial charge in [0, 0.05) is 0 Å². The highest BCUT2D eigenvalue weighted by molar-refractivity contribution is 7.93. The van der Waals surface area contributed by atoms with Crippen molar-refractivity contribution in [3.05, 3.63) is 0 Å². The van der Waals surface area contributed by atoms with Crippen LogP contribution in [-0.4, -0.2) is 24.0 Å². The average Bonchev–Trinajstić information content (AvgIpc) is 1.85. The number of halogens is 3. The van der Waals surface area contributed by atoms with Crippen LogP contribution in [0.1, 0.15) is 20.3 Å². The van der Waals surface area contributed by atoms with Crippen molar-refractivity contribution in [1.82, 2.24) is 0 Å². The van der Waals surface area contributed by atoms with Crippen LogP contribution in [0.25, 0.3) is 0 Å². The van der Waals surface area contributed by atoms with E-state index < -0.39 is 26.7 Å². The maximum Gasteiger partial charge on any atom is 0.500 e. The molecule has 0 aromatic rings. The molecule has 3 nitrogen and oxygen atoms in total. The minimum Gasteiger partial charge on any atom is -0.374 e. The van der Waals surface area contributed by atoms with Crippen molar-refractivity contribution < 1.29 is 26.7 Å². The fourth-order valence-electron chi connectivity index (χ4n) is 0.439. The van der Waals surface area contributed by atoms with Gasteiger partial charge in [-0.2, -0.15) is 13.2 Å². The lowest BCUT2D eigenvalue weighted by Crippen LogP contribution is -2.43. The van der Waals surface area contributed by atoms with E-state index in [-0.39, 0.29) is 0 Å². The van der Waals surface area contributed by atoms with Gasteiger partial charge in [-0.25, -0.2) is 8.42 Å². The molecule has 0 amide bonds. The smallest absolute Gasteiger partial charge is 0.374 e. The normalized spacial score (nSPS) is 18.8. The van der Waals surface area contributed by atoms with Crippen LogP contribution in [-0.2, 0) is 9.84 Å². The highest BCUT2D eigenvalue weighted by Crippen LogP contribution is 2.33. The van der Waals surface area contributed by atoms with E-state index in [2.05, 4.69) is 0 Å². The molecule has 0 bridgehead atoms. The molecule has 0 saturated carbocycles. The van der Waals surface area contributed by atoms with Crippen LogP contribution in [0.3, 0.4) is 0 Å². The molecular weight excluding hydrogens is 197 g/mol. The lowest BCUT2D eigenvalue weighted by atomic mass is 10.3. The second kappa shape index (κ2) is 2.88. The van der Waals surface area contributed by atoms with Crippen molar-refractivity contribution in [1.29, 1.82) is 0 Å². The molecule has 1 unspecified atom stereocenters. The maximum atomic E-state index is 11.8. The minimum absolute atomic E-state index is 0.505. The second-order valence-corrected chi connectivity index (χ2v) is 4.83. The maximum absolute atomic E-state index is 11.8. The largest absolute Gasteiger partial charge is 0.500 e. The Hall–Kier alpha value is -0.300. The van der Waals surface area contributed by atoms with E-state index >= 15 is 0 Å². The molecule has 0 heterocycles. The first-order valence-electron chi connectivity index (χ1n) is 3.09. The van der Waals surface area contributed by atoms with Gasteiger partial charge in [0.1, 0.15) is 0 Å². The SMILES string of the molecule is CCC(C)(O)S(=O)(=O)C(F)(F)F. The molecule has 0 saturated heterocycles. The van der Waals surface area contributed by atoms with Crippen molar-refractivity contribution >= 4 is 9.84 Å². The molecule has 1 atom stereocenters. The van der Waals surface area contributed by atoms with Crippen LogP contribution >= 0.6 is 0 Å². The Morgan fingerprint density at radius 1 is 1.33 bits per heavy atom. The first kappa shape index (κ1) is 11.7. The Bertz CT molecular complexity index is 252. The summed E-state index contributed by atoms with van der Waals surface area (Å²) < 4.78 is 56.4. The standard InChI is InChI=1S/C5H9F3O3S/c1-3-4(2,9)12(10,11)5(6,7)8/h9H,3H2,1-2H3. The molecular formula is C5H9F3O3S. The number of alkyl halides is 3. The van der Waals surface area contributed by atoms with Gasteiger partial charge in [0.25, 0.3) is 9.84 Å². The van der Waals surface area contributed by atoms with Gasteiger partial charge in [0.05, 0.1) is 0 Å². The summed E-state index contributed by atoms with van der Waals surface area (Å²) in [5.41, 5.74) is -5.40. The van der Waals surface area contributed by atoms with Gasteiger partial charge in [0.2, 0.25) is 0 Å². The molecule has 0 aromatic carbocycles. The van der Waals surface area contributed by atoms with Crippen molar-refractivity contribution in [3.8, 4) is 0 Å². The Morgan fingerprint density at radius 2 is 1.67 bits per heavy atom. The molecule has 74 valence electrons. The topological polar surface area (TPSA) is 54.4 Å². The van der Waals surface area contributed by atoms with E-state index in [0.29, 0.717) is 6.92 Å². The van der Waals surface area contributed by atoms with Crippen molar-refractivity contribution in [3.63, 3.8) is 0 Å². The van der Waals surface area contributed by atoms with Crippen LogP contribution in [0.15, 0.2) is 0 Å². The van der Waals surface area contributed by atoms with Crippen LogP contribution in [0.2, 0.25) is 0 Å². The van der Waals surface area contributed by atoms with Crippen molar-refractivity contribution in [2.75, 3.05) is 0 Å². The van der Waals surface area contributed by atoms with Crippen molar-refractivity contribution in [2.24, 2.45) is 0 Å². The van der Waals surface area contributed by atoms with E-state index in [9.17, 15) is 21.6 Å². The van der Waals surface area contributed by atoms with Gasteiger partial charge in [-0.05, 0) is 13.3 Å². The van der Waals surface area contributed by atoms with Crippen LogP contribution in [0, 0.1) is 0 Å². The number of rotatable bonds is 2. The number of hydrogen-bond acceptors (Lipinski definition) is 3. The lowest BCUT2D eigenvalue weighted by Gasteiger charge is -2.22. The average molecular weight is 206 g/mol. The highest BCUT2D eigenvalue weighted by Gasteiger charge is 2.55. The van der Waals surface area contributed by atoms with E-state index in [1.807, 2.05) is 0 Å². The van der Waals surface area contributed by atoms with Gasteiger partial charge in [-0.1, -0.05) is 6.92 Å². The second-order valence-electron chi connectivity index (χ2n) is 2.48. The van der Waals surface area contributed by atoms with Crippen LogP contribution in [0.5, 0.6) is 0 Å². The van der Waals surface area contributed by atoms with E-state index in [1.54, 1.807) is 0 Å². The quantitative estimate of drug-likeness (QED) is 0.734. The number of hydrogen-bond donors (Lipinski definition) is 1. The van der Waals surface area contributed by atoms with Gasteiger partial charge in [-0.3, -0.25) is 0 Å².